The second kappa shape index (κ2) is 60.5. The molecule has 4 unspecified atom stereocenters. The van der Waals surface area contributed by atoms with Crippen molar-refractivity contribution in [3.05, 3.63) is 0 Å². The van der Waals surface area contributed by atoms with Gasteiger partial charge >= 0.3 is 35.8 Å². The van der Waals surface area contributed by atoms with Crippen LogP contribution in [0.3, 0.4) is 0 Å². The van der Waals surface area contributed by atoms with Crippen molar-refractivity contribution in [3.63, 3.8) is 0 Å². The topological polar surface area (TPSA) is 209 Å². The van der Waals surface area contributed by atoms with Gasteiger partial charge in [0.2, 0.25) is 0 Å². The number of carboxylic acids is 1. The molecule has 0 bridgehead atoms. The first kappa shape index (κ1) is 87.7. The molecular weight excluding hydrogens is 1120 g/mol. The molecular formula is C66H128Cl2N2O14. The van der Waals surface area contributed by atoms with Crippen molar-refractivity contribution in [2.75, 3.05) is 75.2 Å². The fraction of sp³-hybridized carbons (Fsp3) is 0.909. The Balaban J connectivity index is -0.000000765. The molecule has 3 N–H and O–H groups in total. The summed E-state index contributed by atoms with van der Waals surface area (Å²) in [7, 11) is 12.2. The normalized spacial score (nSPS) is 12.8. The predicted molar refractivity (Wildman–Crippen MR) is 329 cm³/mol. The number of nitrogens with zero attached hydrogens (tertiary/aromatic N) is 2. The number of carbonyl (C=O) groups is 6. The third-order valence-corrected chi connectivity index (χ3v) is 14.7. The van der Waals surface area contributed by atoms with Gasteiger partial charge in [0.05, 0.1) is 61.1 Å². The minimum Gasteiger partial charge on any atom is -1.00 e. The average molecular weight is 1240 g/mol. The van der Waals surface area contributed by atoms with Crippen molar-refractivity contribution in [2.24, 2.45) is 0 Å². The van der Waals surface area contributed by atoms with Gasteiger partial charge in [0.1, 0.15) is 38.5 Å². The second-order valence-corrected chi connectivity index (χ2v) is 25.2. The molecule has 0 aromatic carbocycles. The monoisotopic (exact) mass is 1240 g/mol. The average Bonchev–Trinajstić information content (AvgIpc) is 3.40. The summed E-state index contributed by atoms with van der Waals surface area (Å²) in [6, 6.07) is 0. The van der Waals surface area contributed by atoms with Crippen LogP contribution in [0.1, 0.15) is 290 Å². The number of halogens is 2. The molecule has 500 valence electrons. The third-order valence-electron chi connectivity index (χ3n) is 14.7. The molecule has 0 spiro atoms. The lowest BCUT2D eigenvalue weighted by Crippen LogP contribution is -3.00. The van der Waals surface area contributed by atoms with Gasteiger partial charge < -0.3 is 72.8 Å². The van der Waals surface area contributed by atoms with Crippen molar-refractivity contribution < 1.29 is 102 Å². The van der Waals surface area contributed by atoms with Crippen LogP contribution in [-0.4, -0.2) is 160 Å². The first-order valence-corrected chi connectivity index (χ1v) is 33.2. The molecule has 0 fully saturated rings. The van der Waals surface area contributed by atoms with E-state index < -0.39 is 30.4 Å². The number of quaternary nitrogens is 2. The Kier molecular flexibility index (Phi) is 63.2. The summed E-state index contributed by atoms with van der Waals surface area (Å²) in [5, 5.41) is 30.1. The van der Waals surface area contributed by atoms with E-state index in [1.54, 1.807) is 0 Å². The molecule has 0 aromatic rings. The number of ether oxygens (including phenoxy) is 5. The molecule has 0 aliphatic rings. The summed E-state index contributed by atoms with van der Waals surface area (Å²) in [4.78, 5) is 71.1. The van der Waals surface area contributed by atoms with Gasteiger partial charge in [-0.05, 0) is 70.6 Å². The maximum atomic E-state index is 12.5. The molecule has 4 atom stereocenters. The van der Waals surface area contributed by atoms with Gasteiger partial charge in [0.15, 0.2) is 0 Å². The first-order chi connectivity index (χ1) is 39.1. The van der Waals surface area contributed by atoms with Gasteiger partial charge in [-0.25, -0.2) is 0 Å². The number of carbonyl (C=O) groups excluding carboxylic acids is 5. The molecule has 0 saturated heterocycles. The van der Waals surface area contributed by atoms with E-state index in [-0.39, 0.29) is 86.8 Å². The molecule has 0 heterocycles. The highest BCUT2D eigenvalue weighted by Crippen LogP contribution is 2.21. The summed E-state index contributed by atoms with van der Waals surface area (Å²) in [5.41, 5.74) is 0. The number of esters is 5. The number of hydrogen-bond acceptors (Lipinski definition) is 13. The Hall–Kier alpha value is -2.76. The summed E-state index contributed by atoms with van der Waals surface area (Å²) < 4.78 is 28.6. The molecule has 0 aliphatic heterocycles. The Morgan fingerprint density at radius 1 is 0.321 bits per heavy atom. The number of carboxylic acid groups (broad SMARTS) is 1. The molecule has 18 heteroatoms. The highest BCUT2D eigenvalue weighted by Gasteiger charge is 2.25. The quantitative estimate of drug-likeness (QED) is 0.0228. The van der Waals surface area contributed by atoms with Crippen LogP contribution < -0.4 is 24.8 Å². The largest absolute Gasteiger partial charge is 1.00 e. The van der Waals surface area contributed by atoms with Crippen LogP contribution in [0, 0.1) is 0 Å². The maximum Gasteiger partial charge on any atom is 0.306 e. The Morgan fingerprint density at radius 2 is 0.583 bits per heavy atom. The summed E-state index contributed by atoms with van der Waals surface area (Å²) in [6.45, 7) is 9.27. The van der Waals surface area contributed by atoms with Crippen LogP contribution in [0.15, 0.2) is 0 Å². The van der Waals surface area contributed by atoms with Crippen molar-refractivity contribution in [1.29, 1.82) is 0 Å². The van der Waals surface area contributed by atoms with Crippen molar-refractivity contribution in [1.82, 2.24) is 0 Å². The molecule has 0 aromatic heterocycles. The fourth-order valence-corrected chi connectivity index (χ4v) is 9.31. The van der Waals surface area contributed by atoms with Crippen LogP contribution in [0.25, 0.3) is 0 Å². The Bertz CT molecular complexity index is 1560. The smallest absolute Gasteiger partial charge is 0.306 e. The van der Waals surface area contributed by atoms with E-state index in [1.165, 1.54) is 38.5 Å². The van der Waals surface area contributed by atoms with E-state index in [0.717, 1.165) is 176 Å². The number of likely N-dealkylation sites (N-methyl/N-ethyl adjacent to an activating group) is 2. The standard InChI is InChI=1S/C38H74NO7.C28H53NO7.2ClH/c1-6-8-10-11-12-17-20-24-32-44-36(41)28-23-19-16-14-13-15-18-22-26-34(40)35(27-21-9-7-2)46-38(43)30-25-29-37(42)45-33-31-39(3,4)5;1-5-6-13-18-25(24(30)17-14-11-9-7-8-10-12-15-19-26(31)32)36-28(34)21-16-20-27(33)35-23-22-29(2,3)4;;/h34-35,40H,6-33H2,1-5H3;24-25,30H,5-23H2,1-4H3;2*1H/q+1;;;/p-1. The number of aliphatic hydroxyl groups is 2. The minimum absolute atomic E-state index is 0. The number of aliphatic carboxylic acids is 1. The molecule has 0 amide bonds. The number of hydrogen-bond donors (Lipinski definition) is 3. The lowest BCUT2D eigenvalue weighted by atomic mass is 9.99. The van der Waals surface area contributed by atoms with Gasteiger partial charge in [0, 0.05) is 38.5 Å². The zero-order chi connectivity index (χ0) is 61.5. The Morgan fingerprint density at radius 3 is 0.929 bits per heavy atom. The number of unbranched alkanes of at least 4 members (excludes halogenated alkanes) is 25. The predicted octanol–water partition coefficient (Wildman–Crippen LogP) is 8.10. The summed E-state index contributed by atoms with van der Waals surface area (Å²) >= 11 is 0. The second-order valence-electron chi connectivity index (χ2n) is 25.2. The van der Waals surface area contributed by atoms with Gasteiger partial charge in [-0.3, -0.25) is 28.8 Å². The van der Waals surface area contributed by atoms with E-state index in [4.69, 9.17) is 28.8 Å². The maximum absolute atomic E-state index is 12.5. The van der Waals surface area contributed by atoms with Gasteiger partial charge in [-0.2, -0.15) is 0 Å². The molecule has 0 saturated carbocycles. The third kappa shape index (κ3) is 65.2. The van der Waals surface area contributed by atoms with Crippen LogP contribution >= 0.6 is 0 Å². The van der Waals surface area contributed by atoms with E-state index in [9.17, 15) is 39.0 Å². The zero-order valence-electron chi connectivity index (χ0n) is 55.0. The van der Waals surface area contributed by atoms with Crippen LogP contribution in [0.5, 0.6) is 0 Å². The van der Waals surface area contributed by atoms with Crippen LogP contribution in [0.2, 0.25) is 0 Å². The van der Waals surface area contributed by atoms with E-state index in [1.807, 2.05) is 42.3 Å². The molecule has 0 aliphatic carbocycles. The van der Waals surface area contributed by atoms with Gasteiger partial charge in [0.25, 0.3) is 0 Å². The van der Waals surface area contributed by atoms with Crippen molar-refractivity contribution in [2.45, 2.75) is 315 Å². The van der Waals surface area contributed by atoms with Gasteiger partial charge in [-0.1, -0.05) is 181 Å². The van der Waals surface area contributed by atoms with Crippen LogP contribution in [0.4, 0.5) is 0 Å². The molecule has 0 radical (unpaired) electrons. The fourth-order valence-electron chi connectivity index (χ4n) is 9.31. The summed E-state index contributed by atoms with van der Waals surface area (Å²) in [6.07, 6.45) is 35.1. The van der Waals surface area contributed by atoms with E-state index in [0.29, 0.717) is 64.8 Å². The molecule has 84 heavy (non-hydrogen) atoms. The number of aliphatic hydroxyl groups excluding tert-OH is 2. The Labute approximate surface area is 525 Å². The minimum atomic E-state index is -0.724. The molecule has 16 nitrogen and oxygen atoms in total. The molecule has 0 rings (SSSR count). The summed E-state index contributed by atoms with van der Waals surface area (Å²) in [5.74, 6) is -2.07. The lowest BCUT2D eigenvalue weighted by molar-refractivity contribution is -0.870. The SMILES string of the molecule is CCCCCC(OC(=O)CCCC(=O)OCC[N+](C)(C)C)C(O)CCCCCCCCCCC(=O)O.CCCCCCCCCCOC(=O)CCCCCCCCCCC(O)C(CCCCC)OC(=O)CCCC(=O)OCC[N+](C)(C)C.[Cl-].[Cl-]. The highest BCUT2D eigenvalue weighted by molar-refractivity contribution is 5.73. The lowest BCUT2D eigenvalue weighted by Gasteiger charge is -2.23. The van der Waals surface area contributed by atoms with Crippen molar-refractivity contribution >= 4 is 35.8 Å². The van der Waals surface area contributed by atoms with E-state index >= 15 is 0 Å². The van der Waals surface area contributed by atoms with Gasteiger partial charge in [-0.15, -0.1) is 0 Å². The van der Waals surface area contributed by atoms with E-state index in [2.05, 4.69) is 20.8 Å². The highest BCUT2D eigenvalue weighted by atomic mass is 35.5. The number of rotatable bonds is 57. The van der Waals surface area contributed by atoms with Crippen molar-refractivity contribution in [3.8, 4) is 0 Å². The zero-order valence-corrected chi connectivity index (χ0v) is 56.5. The van der Waals surface area contributed by atoms with Crippen LogP contribution in [-0.2, 0) is 52.5 Å². The first-order valence-electron chi connectivity index (χ1n) is 33.2.